The molecular weight excluding hydrogens is 641 g/mol. The van der Waals surface area contributed by atoms with Crippen LogP contribution in [0.3, 0.4) is 0 Å². The molecule has 0 saturated carbocycles. The van der Waals surface area contributed by atoms with Crippen LogP contribution in [0, 0.1) is 0 Å². The number of hydrogen-bond donors (Lipinski definition) is 0. The molecule has 0 radical (unpaired) electrons. The second-order valence-electron chi connectivity index (χ2n) is 13.0. The molecule has 0 N–H and O–H groups in total. The molecule has 0 saturated heterocycles. The molecule has 11 aromatic rings. The van der Waals surface area contributed by atoms with E-state index in [0.29, 0.717) is 5.95 Å². The topological polar surface area (TPSA) is 35.6 Å². The summed E-state index contributed by atoms with van der Waals surface area (Å²) in [6.45, 7) is 0. The van der Waals surface area contributed by atoms with Gasteiger partial charge in [0, 0.05) is 58.5 Å². The van der Waals surface area contributed by atoms with E-state index in [1.165, 1.54) is 52.8 Å². The fourth-order valence-electron chi connectivity index (χ4n) is 7.89. The van der Waals surface area contributed by atoms with E-state index in [-0.39, 0.29) is 0 Å². The Bertz CT molecular complexity index is 3060. The fourth-order valence-corrected chi connectivity index (χ4v) is 9.02. The average Bonchev–Trinajstić information content (AvgIpc) is 3.85. The average molecular weight is 669 g/mol. The van der Waals surface area contributed by atoms with Crippen molar-refractivity contribution in [1.29, 1.82) is 0 Å². The zero-order valence-corrected chi connectivity index (χ0v) is 28.2. The first-order valence-corrected chi connectivity index (χ1v) is 18.0. The van der Waals surface area contributed by atoms with Crippen molar-refractivity contribution in [1.82, 2.24) is 19.1 Å². The van der Waals surface area contributed by atoms with Gasteiger partial charge in [0.15, 0.2) is 0 Å². The van der Waals surface area contributed by atoms with Gasteiger partial charge in [0.05, 0.1) is 33.5 Å². The van der Waals surface area contributed by atoms with Crippen molar-refractivity contribution in [2.75, 3.05) is 0 Å². The third-order valence-corrected chi connectivity index (χ3v) is 11.2. The third-order valence-electron chi connectivity index (χ3n) is 10.1. The normalized spacial score (nSPS) is 11.9. The Morgan fingerprint density at radius 2 is 0.961 bits per heavy atom. The SMILES string of the molecule is c1ccc(-c2cc(-c3ccccc3)nc(-n3c4ccccc4c4cc5sc6ccc7c8ccccc8n(-c8ccccc8)c7c6c5cc43)n2)cc1. The Labute approximate surface area is 297 Å². The van der Waals surface area contributed by atoms with Crippen LogP contribution in [0.15, 0.2) is 170 Å². The minimum absolute atomic E-state index is 0.656. The highest BCUT2D eigenvalue weighted by Gasteiger charge is 2.22. The van der Waals surface area contributed by atoms with E-state index in [4.69, 9.17) is 9.97 Å². The van der Waals surface area contributed by atoms with E-state index in [1.807, 2.05) is 23.5 Å². The summed E-state index contributed by atoms with van der Waals surface area (Å²) < 4.78 is 7.24. The molecule has 0 fully saturated rings. The summed E-state index contributed by atoms with van der Waals surface area (Å²) in [7, 11) is 0. The van der Waals surface area contributed by atoms with Crippen molar-refractivity contribution in [2.24, 2.45) is 0 Å². The maximum atomic E-state index is 5.28. The lowest BCUT2D eigenvalue weighted by Gasteiger charge is -2.12. The summed E-state index contributed by atoms with van der Waals surface area (Å²) in [6.07, 6.45) is 0. The standard InChI is InChI=1S/C46H28N4S/c1-4-14-29(15-5-1)37-28-38(30-16-6-2-7-17-30)48-46(47-37)50-40-23-13-11-21-33(40)35-27-43-36(26-41(35)50)44-42(51-43)25-24-34-32-20-10-12-22-39(32)49(45(34)44)31-18-8-3-9-19-31/h1-28H. The molecule has 0 spiro atoms. The predicted molar refractivity (Wildman–Crippen MR) is 214 cm³/mol. The highest BCUT2D eigenvalue weighted by atomic mass is 32.1. The minimum Gasteiger partial charge on any atom is -0.309 e. The molecule has 0 aliphatic carbocycles. The number of nitrogens with zero attached hydrogens (tertiary/aromatic N) is 4. The number of thiophene rings is 1. The molecule has 0 aliphatic rings. The molecule has 5 heteroatoms. The van der Waals surface area contributed by atoms with Crippen LogP contribution in [0.5, 0.6) is 0 Å². The number of benzene rings is 7. The summed E-state index contributed by atoms with van der Waals surface area (Å²) in [5.41, 5.74) is 9.67. The van der Waals surface area contributed by atoms with E-state index in [2.05, 4.69) is 167 Å². The predicted octanol–water partition coefficient (Wildman–Crippen LogP) is 12.4. The molecule has 238 valence electrons. The van der Waals surface area contributed by atoms with Crippen molar-refractivity contribution in [3.05, 3.63) is 170 Å². The Balaban J connectivity index is 1.27. The number of aromatic nitrogens is 4. The maximum absolute atomic E-state index is 5.28. The number of rotatable bonds is 4. The minimum atomic E-state index is 0.656. The molecule has 0 amide bonds. The molecule has 0 unspecified atom stereocenters. The summed E-state index contributed by atoms with van der Waals surface area (Å²) in [5.74, 6) is 0.656. The van der Waals surface area contributed by atoms with Gasteiger partial charge < -0.3 is 4.57 Å². The van der Waals surface area contributed by atoms with E-state index < -0.39 is 0 Å². The molecular formula is C46H28N4S. The molecule has 4 heterocycles. The Morgan fingerprint density at radius 1 is 0.392 bits per heavy atom. The van der Waals surface area contributed by atoms with Gasteiger partial charge >= 0.3 is 0 Å². The summed E-state index contributed by atoms with van der Waals surface area (Å²) in [5, 5.41) is 7.40. The zero-order chi connectivity index (χ0) is 33.5. The van der Waals surface area contributed by atoms with Gasteiger partial charge in [-0.2, -0.15) is 0 Å². The van der Waals surface area contributed by atoms with Gasteiger partial charge in [-0.05, 0) is 48.5 Å². The largest absolute Gasteiger partial charge is 0.309 e. The summed E-state index contributed by atoms with van der Waals surface area (Å²) >= 11 is 1.86. The van der Waals surface area contributed by atoms with E-state index in [9.17, 15) is 0 Å². The van der Waals surface area contributed by atoms with Crippen molar-refractivity contribution in [3.63, 3.8) is 0 Å². The second kappa shape index (κ2) is 11.0. The highest BCUT2D eigenvalue weighted by Crippen LogP contribution is 2.45. The summed E-state index contributed by atoms with van der Waals surface area (Å²) in [4.78, 5) is 10.6. The van der Waals surface area contributed by atoms with Gasteiger partial charge in [0.1, 0.15) is 0 Å². The Kier molecular flexibility index (Phi) is 6.09. The Morgan fingerprint density at radius 3 is 1.63 bits per heavy atom. The van der Waals surface area contributed by atoms with E-state index >= 15 is 0 Å². The molecule has 0 aliphatic heterocycles. The lowest BCUT2D eigenvalue weighted by atomic mass is 10.1. The van der Waals surface area contributed by atoms with Crippen LogP contribution < -0.4 is 0 Å². The zero-order valence-electron chi connectivity index (χ0n) is 27.4. The summed E-state index contributed by atoms with van der Waals surface area (Å²) in [6, 6.07) is 60.4. The van der Waals surface area contributed by atoms with Crippen LogP contribution in [0.4, 0.5) is 0 Å². The highest BCUT2D eigenvalue weighted by molar-refractivity contribution is 7.26. The number of hydrogen-bond acceptors (Lipinski definition) is 3. The first kappa shape index (κ1) is 28.3. The Hall–Kier alpha value is -6.56. The molecule has 4 nitrogen and oxygen atoms in total. The van der Waals surface area contributed by atoms with Crippen molar-refractivity contribution < 1.29 is 0 Å². The molecule has 0 bridgehead atoms. The van der Waals surface area contributed by atoms with Crippen LogP contribution in [0.1, 0.15) is 0 Å². The lowest BCUT2D eigenvalue weighted by molar-refractivity contribution is 0.996. The molecule has 0 atom stereocenters. The van der Waals surface area contributed by atoms with Gasteiger partial charge in [-0.3, -0.25) is 4.57 Å². The molecule has 7 aromatic carbocycles. The monoisotopic (exact) mass is 668 g/mol. The van der Waals surface area contributed by atoms with Crippen LogP contribution in [0.25, 0.3) is 97.9 Å². The fraction of sp³-hybridized carbons (Fsp3) is 0. The van der Waals surface area contributed by atoms with Crippen LogP contribution in [0.2, 0.25) is 0 Å². The second-order valence-corrected chi connectivity index (χ2v) is 14.1. The first-order valence-electron chi connectivity index (χ1n) is 17.2. The van der Waals surface area contributed by atoms with Crippen LogP contribution >= 0.6 is 11.3 Å². The number of fused-ring (bicyclic) bond motifs is 10. The van der Waals surface area contributed by atoms with Crippen molar-refractivity contribution in [3.8, 4) is 34.2 Å². The smallest absolute Gasteiger partial charge is 0.235 e. The number of para-hydroxylation sites is 3. The van der Waals surface area contributed by atoms with Crippen LogP contribution in [-0.2, 0) is 0 Å². The van der Waals surface area contributed by atoms with Gasteiger partial charge in [-0.1, -0.05) is 121 Å². The first-order chi connectivity index (χ1) is 25.3. The quantitative estimate of drug-likeness (QED) is 0.187. The van der Waals surface area contributed by atoms with Gasteiger partial charge in [-0.25, -0.2) is 9.97 Å². The van der Waals surface area contributed by atoms with Gasteiger partial charge in [0.2, 0.25) is 5.95 Å². The molecule has 4 aromatic heterocycles. The van der Waals surface area contributed by atoms with Crippen molar-refractivity contribution in [2.45, 2.75) is 0 Å². The third kappa shape index (κ3) is 4.25. The maximum Gasteiger partial charge on any atom is 0.235 e. The van der Waals surface area contributed by atoms with Crippen LogP contribution in [-0.4, -0.2) is 19.1 Å². The lowest BCUT2D eigenvalue weighted by Crippen LogP contribution is -2.04. The molecule has 11 rings (SSSR count). The van der Waals surface area contributed by atoms with E-state index in [0.717, 1.165) is 39.2 Å². The van der Waals surface area contributed by atoms with E-state index in [1.54, 1.807) is 0 Å². The van der Waals surface area contributed by atoms with Gasteiger partial charge in [0.25, 0.3) is 0 Å². The van der Waals surface area contributed by atoms with Gasteiger partial charge in [-0.15, -0.1) is 11.3 Å². The molecule has 51 heavy (non-hydrogen) atoms. The van der Waals surface area contributed by atoms with Crippen molar-refractivity contribution >= 4 is 75.1 Å².